The van der Waals surface area contributed by atoms with E-state index in [1.807, 2.05) is 25.7 Å². The number of halogens is 1. The van der Waals surface area contributed by atoms with Gasteiger partial charge in [-0.3, -0.25) is 19.8 Å². The van der Waals surface area contributed by atoms with Gasteiger partial charge in [-0.05, 0) is 46.5 Å². The summed E-state index contributed by atoms with van der Waals surface area (Å²) in [5, 5.41) is 14.6. The van der Waals surface area contributed by atoms with E-state index >= 15 is 0 Å². The van der Waals surface area contributed by atoms with Crippen LogP contribution in [0.2, 0.25) is 0 Å². The number of carbonyl (C=O) groups is 3. The zero-order chi connectivity index (χ0) is 17.4. The monoisotopic (exact) mass is 361 g/mol. The van der Waals surface area contributed by atoms with E-state index in [9.17, 15) is 19.5 Å². The molecule has 1 unspecified atom stereocenters. The quantitative estimate of drug-likeness (QED) is 0.709. The number of carboxylic acid groups (broad SMARTS) is 1. The minimum atomic E-state index is -0.763. The Hall–Kier alpha value is -1.34. The number of hydrogen-bond donors (Lipinski definition) is 3. The number of hydrogen-bond acceptors (Lipinski definition) is 4. The van der Waals surface area contributed by atoms with Gasteiger partial charge in [0.05, 0.1) is 11.5 Å². The fourth-order valence-electron chi connectivity index (χ4n) is 3.73. The molecule has 24 heavy (non-hydrogen) atoms. The van der Waals surface area contributed by atoms with Crippen LogP contribution in [0.15, 0.2) is 0 Å². The van der Waals surface area contributed by atoms with Crippen LogP contribution >= 0.6 is 12.4 Å². The summed E-state index contributed by atoms with van der Waals surface area (Å²) in [6.45, 7) is 8.19. The maximum Gasteiger partial charge on any atom is 0.321 e. The fraction of sp³-hybridized carbons (Fsp3) is 0.812. The molecule has 2 aliphatic rings. The van der Waals surface area contributed by atoms with E-state index in [1.165, 1.54) is 0 Å². The number of nitrogens with one attached hydrogen (secondary N) is 2. The Morgan fingerprint density at radius 2 is 1.92 bits per heavy atom. The van der Waals surface area contributed by atoms with Crippen molar-refractivity contribution in [1.82, 2.24) is 15.5 Å². The van der Waals surface area contributed by atoms with Gasteiger partial charge >= 0.3 is 12.0 Å². The molecule has 0 aromatic carbocycles. The van der Waals surface area contributed by atoms with Gasteiger partial charge in [-0.15, -0.1) is 12.4 Å². The third kappa shape index (κ3) is 4.19. The second kappa shape index (κ2) is 7.27. The van der Waals surface area contributed by atoms with Crippen LogP contribution < -0.4 is 10.6 Å². The molecule has 0 aromatic heterocycles. The van der Waals surface area contributed by atoms with Gasteiger partial charge in [0.15, 0.2) is 0 Å². The standard InChI is InChI=1S/C16H27N3O4.ClH/c1-10(12(20)17-14(23)18-15(2,3)4)19-8-11-6-5-7-16(11,9-19)13(21)22;/h10-11H,5-9H2,1-4H3,(H,21,22)(H2,17,18,20,23);1H/t10?,11-,16+;/m0./s1. The zero-order valence-corrected chi connectivity index (χ0v) is 15.5. The van der Waals surface area contributed by atoms with Crippen LogP contribution in [0.1, 0.15) is 47.0 Å². The predicted octanol–water partition coefficient (Wildman–Crippen LogP) is 1.61. The van der Waals surface area contributed by atoms with Crippen LogP contribution in [0.4, 0.5) is 4.79 Å². The van der Waals surface area contributed by atoms with Gasteiger partial charge in [-0.25, -0.2) is 4.79 Å². The second-order valence-electron chi connectivity index (χ2n) is 7.85. The molecule has 0 aromatic rings. The highest BCUT2D eigenvalue weighted by molar-refractivity contribution is 5.97. The van der Waals surface area contributed by atoms with E-state index in [0.29, 0.717) is 19.5 Å². The molecular formula is C16H28ClN3O4. The minimum absolute atomic E-state index is 0. The number of imide groups is 1. The molecule has 1 saturated carbocycles. The number of urea groups is 1. The van der Waals surface area contributed by atoms with Crippen molar-refractivity contribution in [3.8, 4) is 0 Å². The van der Waals surface area contributed by atoms with Gasteiger partial charge in [0.2, 0.25) is 5.91 Å². The SMILES string of the molecule is CC(C(=O)NC(=O)NC(C)(C)C)N1C[C@@H]2CCC[C@@]2(C(=O)O)C1.Cl. The van der Waals surface area contributed by atoms with Crippen molar-refractivity contribution >= 4 is 30.3 Å². The molecule has 8 heteroatoms. The second-order valence-corrected chi connectivity index (χ2v) is 7.85. The van der Waals surface area contributed by atoms with Crippen molar-refractivity contribution in [2.24, 2.45) is 11.3 Å². The molecule has 1 saturated heterocycles. The summed E-state index contributed by atoms with van der Waals surface area (Å²) in [5.41, 5.74) is -1.14. The van der Waals surface area contributed by atoms with Crippen molar-refractivity contribution in [3.63, 3.8) is 0 Å². The highest BCUT2D eigenvalue weighted by atomic mass is 35.5. The van der Waals surface area contributed by atoms with Crippen LogP contribution in [-0.4, -0.2) is 52.6 Å². The molecule has 3 N–H and O–H groups in total. The number of carbonyl (C=O) groups excluding carboxylic acids is 2. The van der Waals surface area contributed by atoms with Gasteiger partial charge in [0.1, 0.15) is 0 Å². The number of aliphatic carboxylic acids is 1. The first-order valence-electron chi connectivity index (χ1n) is 8.15. The van der Waals surface area contributed by atoms with E-state index in [0.717, 1.165) is 12.8 Å². The molecular weight excluding hydrogens is 334 g/mol. The van der Waals surface area contributed by atoms with Crippen LogP contribution in [0, 0.1) is 11.3 Å². The summed E-state index contributed by atoms with van der Waals surface area (Å²) in [7, 11) is 0. The van der Waals surface area contributed by atoms with Crippen LogP contribution in [0.5, 0.6) is 0 Å². The first-order valence-corrected chi connectivity index (χ1v) is 8.15. The lowest BCUT2D eigenvalue weighted by Crippen LogP contribution is -2.53. The summed E-state index contributed by atoms with van der Waals surface area (Å²) >= 11 is 0. The Bertz CT molecular complexity index is 520. The number of likely N-dealkylation sites (tertiary alicyclic amines) is 1. The number of fused-ring (bicyclic) bond motifs is 1. The molecule has 0 radical (unpaired) electrons. The van der Waals surface area contributed by atoms with Gasteiger partial charge in [-0.1, -0.05) is 6.42 Å². The maximum absolute atomic E-state index is 12.3. The van der Waals surface area contributed by atoms with E-state index in [1.54, 1.807) is 6.92 Å². The van der Waals surface area contributed by atoms with Crippen LogP contribution in [0.25, 0.3) is 0 Å². The number of nitrogens with zero attached hydrogens (tertiary/aromatic N) is 1. The van der Waals surface area contributed by atoms with Gasteiger partial charge in [0, 0.05) is 18.6 Å². The lowest BCUT2D eigenvalue weighted by atomic mass is 9.81. The normalized spacial score (nSPS) is 27.8. The van der Waals surface area contributed by atoms with Crippen molar-refractivity contribution in [2.45, 2.75) is 58.5 Å². The Kier molecular flexibility index (Phi) is 6.27. The molecule has 3 atom stereocenters. The lowest BCUT2D eigenvalue weighted by molar-refractivity contribution is -0.149. The van der Waals surface area contributed by atoms with E-state index in [4.69, 9.17) is 0 Å². The topological polar surface area (TPSA) is 98.7 Å². The molecule has 1 aliphatic carbocycles. The molecule has 7 nitrogen and oxygen atoms in total. The molecule has 3 amide bonds. The first-order chi connectivity index (χ1) is 10.5. The van der Waals surface area contributed by atoms with Crippen LogP contribution in [-0.2, 0) is 9.59 Å². The lowest BCUT2D eigenvalue weighted by Gasteiger charge is -2.27. The van der Waals surface area contributed by atoms with E-state index in [2.05, 4.69) is 10.6 Å². The number of amides is 3. The molecule has 2 rings (SSSR count). The third-order valence-electron chi connectivity index (χ3n) is 4.98. The first kappa shape index (κ1) is 20.7. The van der Waals surface area contributed by atoms with Crippen molar-refractivity contribution in [1.29, 1.82) is 0 Å². The van der Waals surface area contributed by atoms with Crippen molar-refractivity contribution < 1.29 is 19.5 Å². The molecule has 1 heterocycles. The van der Waals surface area contributed by atoms with Gasteiger partial charge in [-0.2, -0.15) is 0 Å². The van der Waals surface area contributed by atoms with Gasteiger partial charge < -0.3 is 10.4 Å². The highest BCUT2D eigenvalue weighted by Gasteiger charge is 2.55. The summed E-state index contributed by atoms with van der Waals surface area (Å²) in [5.74, 6) is -1.06. The predicted molar refractivity (Wildman–Crippen MR) is 92.1 cm³/mol. The van der Waals surface area contributed by atoms with Crippen LogP contribution in [0.3, 0.4) is 0 Å². The molecule has 138 valence electrons. The number of carboxylic acids is 1. The Balaban J connectivity index is 0.00000288. The van der Waals surface area contributed by atoms with E-state index in [-0.39, 0.29) is 18.3 Å². The fourth-order valence-corrected chi connectivity index (χ4v) is 3.73. The summed E-state index contributed by atoms with van der Waals surface area (Å²) < 4.78 is 0. The third-order valence-corrected chi connectivity index (χ3v) is 4.98. The molecule has 1 aliphatic heterocycles. The zero-order valence-electron chi connectivity index (χ0n) is 14.7. The average Bonchev–Trinajstić information content (AvgIpc) is 2.92. The van der Waals surface area contributed by atoms with Gasteiger partial charge in [0.25, 0.3) is 0 Å². The Morgan fingerprint density at radius 3 is 2.42 bits per heavy atom. The van der Waals surface area contributed by atoms with Crippen molar-refractivity contribution in [3.05, 3.63) is 0 Å². The number of rotatable bonds is 3. The molecule has 0 spiro atoms. The summed E-state index contributed by atoms with van der Waals surface area (Å²) in [6.07, 6.45) is 2.49. The van der Waals surface area contributed by atoms with E-state index < -0.39 is 34.9 Å². The summed E-state index contributed by atoms with van der Waals surface area (Å²) in [4.78, 5) is 37.6. The highest BCUT2D eigenvalue weighted by Crippen LogP contribution is 2.49. The average molecular weight is 362 g/mol. The largest absolute Gasteiger partial charge is 0.481 e. The Morgan fingerprint density at radius 1 is 1.29 bits per heavy atom. The van der Waals surface area contributed by atoms with Crippen molar-refractivity contribution in [2.75, 3.05) is 13.1 Å². The Labute approximate surface area is 148 Å². The molecule has 2 fully saturated rings. The molecule has 0 bridgehead atoms. The minimum Gasteiger partial charge on any atom is -0.481 e. The smallest absolute Gasteiger partial charge is 0.321 e. The summed E-state index contributed by atoms with van der Waals surface area (Å²) in [6, 6.07) is -1.05. The maximum atomic E-state index is 12.3.